The number of hydrogen-bond donors (Lipinski definition) is 1. The van der Waals surface area contributed by atoms with Crippen molar-refractivity contribution in [3.8, 4) is 0 Å². The van der Waals surface area contributed by atoms with E-state index in [0.29, 0.717) is 12.6 Å². The Morgan fingerprint density at radius 1 is 1.39 bits per heavy atom. The first-order chi connectivity index (χ1) is 8.74. The maximum Gasteiger partial charge on any atom is 0.129 e. The van der Waals surface area contributed by atoms with E-state index >= 15 is 0 Å². The van der Waals surface area contributed by atoms with Gasteiger partial charge >= 0.3 is 0 Å². The fraction of sp³-hybridized carbons (Fsp3) is 0.600. The first kappa shape index (κ1) is 13.3. The molecule has 0 radical (unpaired) electrons. The highest BCUT2D eigenvalue weighted by atomic mass is 19.1. The molecule has 1 fully saturated rings. The normalized spacial score (nSPS) is 20.2. The van der Waals surface area contributed by atoms with Crippen LogP contribution in [0, 0.1) is 5.82 Å². The molecule has 0 aromatic heterocycles. The molecule has 1 heterocycles. The van der Waals surface area contributed by atoms with Gasteiger partial charge in [0.25, 0.3) is 0 Å². The van der Waals surface area contributed by atoms with Crippen molar-refractivity contribution in [2.24, 2.45) is 0 Å². The molecule has 1 unspecified atom stereocenters. The maximum absolute atomic E-state index is 14.0. The summed E-state index contributed by atoms with van der Waals surface area (Å²) in [5.74, 6) is -0.0915. The van der Waals surface area contributed by atoms with Crippen LogP contribution in [0.25, 0.3) is 0 Å². The van der Waals surface area contributed by atoms with E-state index in [9.17, 15) is 4.39 Å². The van der Waals surface area contributed by atoms with Crippen LogP contribution < -0.4 is 10.2 Å². The SMILES string of the molecule is CCNCc1c(F)cccc1N1CCCCC1C. The van der Waals surface area contributed by atoms with Crippen molar-refractivity contribution in [3.63, 3.8) is 0 Å². The summed E-state index contributed by atoms with van der Waals surface area (Å²) >= 11 is 0. The van der Waals surface area contributed by atoms with Gasteiger partial charge in [-0.25, -0.2) is 4.39 Å². The number of anilines is 1. The zero-order chi connectivity index (χ0) is 13.0. The van der Waals surface area contributed by atoms with Crippen molar-refractivity contribution >= 4 is 5.69 Å². The Labute approximate surface area is 109 Å². The molecule has 0 aliphatic carbocycles. The molecule has 3 heteroatoms. The molecule has 0 spiro atoms. The van der Waals surface area contributed by atoms with E-state index < -0.39 is 0 Å². The van der Waals surface area contributed by atoms with E-state index in [-0.39, 0.29) is 5.82 Å². The van der Waals surface area contributed by atoms with Gasteiger partial charge in [0.15, 0.2) is 0 Å². The lowest BCUT2D eigenvalue weighted by molar-refractivity contribution is 0.481. The van der Waals surface area contributed by atoms with Gasteiger partial charge in [0.1, 0.15) is 5.82 Å². The van der Waals surface area contributed by atoms with Crippen LogP contribution in [0.1, 0.15) is 38.7 Å². The van der Waals surface area contributed by atoms with Crippen molar-refractivity contribution in [2.75, 3.05) is 18.0 Å². The third kappa shape index (κ3) is 2.83. The van der Waals surface area contributed by atoms with Crippen molar-refractivity contribution in [2.45, 2.75) is 45.7 Å². The number of hydrogen-bond acceptors (Lipinski definition) is 2. The van der Waals surface area contributed by atoms with Crippen LogP contribution >= 0.6 is 0 Å². The van der Waals surface area contributed by atoms with Gasteiger partial charge in [-0.15, -0.1) is 0 Å². The monoisotopic (exact) mass is 250 g/mol. The van der Waals surface area contributed by atoms with Crippen LogP contribution in [-0.4, -0.2) is 19.1 Å². The topological polar surface area (TPSA) is 15.3 Å². The molecule has 1 aliphatic rings. The first-order valence-corrected chi connectivity index (χ1v) is 6.98. The third-order valence-electron chi connectivity index (χ3n) is 3.76. The number of halogens is 1. The molecular formula is C15H23FN2. The number of benzene rings is 1. The Balaban J connectivity index is 2.27. The Bertz CT molecular complexity index is 392. The Morgan fingerprint density at radius 3 is 2.94 bits per heavy atom. The fourth-order valence-electron chi connectivity index (χ4n) is 2.70. The second-order valence-corrected chi connectivity index (χ2v) is 5.06. The highest BCUT2D eigenvalue weighted by molar-refractivity contribution is 5.55. The third-order valence-corrected chi connectivity index (χ3v) is 3.76. The van der Waals surface area contributed by atoms with Crippen molar-refractivity contribution in [1.82, 2.24) is 5.32 Å². The molecule has 2 nitrogen and oxygen atoms in total. The molecule has 2 rings (SSSR count). The van der Waals surface area contributed by atoms with E-state index in [2.05, 4.69) is 23.2 Å². The summed E-state index contributed by atoms with van der Waals surface area (Å²) in [5.41, 5.74) is 1.89. The predicted molar refractivity (Wildman–Crippen MR) is 74.4 cm³/mol. The standard InChI is InChI=1S/C15H23FN2/c1-3-17-11-13-14(16)8-6-9-15(13)18-10-5-4-7-12(18)2/h6,8-9,12,17H,3-5,7,10-11H2,1-2H3. The summed E-state index contributed by atoms with van der Waals surface area (Å²) in [5, 5.41) is 3.23. The van der Waals surface area contributed by atoms with Gasteiger partial charge in [-0.05, 0) is 44.9 Å². The molecule has 1 N–H and O–H groups in total. The summed E-state index contributed by atoms with van der Waals surface area (Å²) in [4.78, 5) is 2.36. The maximum atomic E-state index is 14.0. The molecule has 1 saturated heterocycles. The zero-order valence-corrected chi connectivity index (χ0v) is 11.4. The fourth-order valence-corrected chi connectivity index (χ4v) is 2.70. The van der Waals surface area contributed by atoms with Crippen LogP contribution in [0.3, 0.4) is 0 Å². The average Bonchev–Trinajstić information content (AvgIpc) is 2.38. The number of nitrogens with zero attached hydrogens (tertiary/aromatic N) is 1. The van der Waals surface area contributed by atoms with Gasteiger partial charge < -0.3 is 10.2 Å². The van der Waals surface area contributed by atoms with Gasteiger partial charge in [0.05, 0.1) is 0 Å². The van der Waals surface area contributed by atoms with Crippen LogP contribution in [0.15, 0.2) is 18.2 Å². The van der Waals surface area contributed by atoms with Gasteiger partial charge in [-0.1, -0.05) is 13.0 Å². The summed E-state index contributed by atoms with van der Waals surface area (Å²) < 4.78 is 14.0. The highest BCUT2D eigenvalue weighted by Crippen LogP contribution is 2.29. The second-order valence-electron chi connectivity index (χ2n) is 5.06. The average molecular weight is 250 g/mol. The molecule has 0 saturated carbocycles. The summed E-state index contributed by atoms with van der Waals surface area (Å²) in [6.45, 7) is 6.81. The highest BCUT2D eigenvalue weighted by Gasteiger charge is 2.21. The van der Waals surface area contributed by atoms with Crippen molar-refractivity contribution in [1.29, 1.82) is 0 Å². The molecule has 0 amide bonds. The second kappa shape index (κ2) is 6.19. The van der Waals surface area contributed by atoms with Crippen molar-refractivity contribution in [3.05, 3.63) is 29.6 Å². The lowest BCUT2D eigenvalue weighted by atomic mass is 10.0. The van der Waals surface area contributed by atoms with Gasteiger partial charge in [-0.3, -0.25) is 0 Å². The van der Waals surface area contributed by atoms with Crippen LogP contribution in [-0.2, 0) is 6.54 Å². The number of nitrogens with one attached hydrogen (secondary N) is 1. The van der Waals surface area contributed by atoms with E-state index in [1.165, 1.54) is 19.3 Å². The minimum absolute atomic E-state index is 0.0915. The minimum Gasteiger partial charge on any atom is -0.368 e. The quantitative estimate of drug-likeness (QED) is 0.882. The molecule has 0 bridgehead atoms. The van der Waals surface area contributed by atoms with E-state index in [1.54, 1.807) is 6.07 Å². The summed E-state index contributed by atoms with van der Waals surface area (Å²) in [7, 11) is 0. The van der Waals surface area contributed by atoms with Crippen molar-refractivity contribution < 1.29 is 4.39 Å². The predicted octanol–water partition coefficient (Wildman–Crippen LogP) is 3.31. The summed E-state index contributed by atoms with van der Waals surface area (Å²) in [6.07, 6.45) is 3.70. The first-order valence-electron chi connectivity index (χ1n) is 6.98. The van der Waals surface area contributed by atoms with Crippen LogP contribution in [0.5, 0.6) is 0 Å². The van der Waals surface area contributed by atoms with E-state index in [4.69, 9.17) is 0 Å². The Morgan fingerprint density at radius 2 is 2.22 bits per heavy atom. The van der Waals surface area contributed by atoms with E-state index in [1.807, 2.05) is 13.0 Å². The molecule has 1 aromatic carbocycles. The van der Waals surface area contributed by atoms with E-state index in [0.717, 1.165) is 24.3 Å². The molecular weight excluding hydrogens is 227 g/mol. The smallest absolute Gasteiger partial charge is 0.129 e. The minimum atomic E-state index is -0.0915. The molecule has 1 aromatic rings. The van der Waals surface area contributed by atoms with Crippen LogP contribution in [0.4, 0.5) is 10.1 Å². The largest absolute Gasteiger partial charge is 0.368 e. The molecule has 18 heavy (non-hydrogen) atoms. The van der Waals surface area contributed by atoms with Gasteiger partial charge in [0, 0.05) is 30.4 Å². The number of piperidine rings is 1. The Hall–Kier alpha value is -1.09. The Kier molecular flexibility index (Phi) is 4.59. The lowest BCUT2D eigenvalue weighted by Gasteiger charge is -2.36. The van der Waals surface area contributed by atoms with Gasteiger partial charge in [-0.2, -0.15) is 0 Å². The molecule has 100 valence electrons. The molecule has 1 atom stereocenters. The zero-order valence-electron chi connectivity index (χ0n) is 11.4. The van der Waals surface area contributed by atoms with Crippen LogP contribution in [0.2, 0.25) is 0 Å². The van der Waals surface area contributed by atoms with Gasteiger partial charge in [0.2, 0.25) is 0 Å². The lowest BCUT2D eigenvalue weighted by Crippen LogP contribution is -2.38. The number of rotatable bonds is 4. The molecule has 1 aliphatic heterocycles. The summed E-state index contributed by atoms with van der Waals surface area (Å²) in [6, 6.07) is 5.95.